The molecule has 1 fully saturated rings. The minimum Gasteiger partial charge on any atom is -0.314 e. The van der Waals surface area contributed by atoms with Crippen molar-refractivity contribution in [2.24, 2.45) is 0 Å². The molecule has 0 saturated carbocycles. The predicted molar refractivity (Wildman–Crippen MR) is 80.2 cm³/mol. The Balaban J connectivity index is 2.02. The van der Waals surface area contributed by atoms with E-state index in [2.05, 4.69) is 10.4 Å². The average molecular weight is 360 g/mol. The molecule has 1 aliphatic heterocycles. The highest BCUT2D eigenvalue weighted by Gasteiger charge is 2.32. The van der Waals surface area contributed by atoms with Crippen molar-refractivity contribution in [2.75, 3.05) is 26.2 Å². The molecule has 1 aromatic carbocycles. The summed E-state index contributed by atoms with van der Waals surface area (Å²) in [7, 11) is -3.83. The van der Waals surface area contributed by atoms with Crippen molar-refractivity contribution < 1.29 is 21.6 Å². The van der Waals surface area contributed by atoms with Gasteiger partial charge in [0.15, 0.2) is 5.03 Å². The first-order chi connectivity index (χ1) is 11.3. The Morgan fingerprint density at radius 3 is 2.50 bits per heavy atom. The lowest BCUT2D eigenvalue weighted by Gasteiger charge is -2.26. The molecular formula is C14H15F3N4O2S. The largest absolute Gasteiger partial charge is 0.416 e. The number of piperazine rings is 1. The van der Waals surface area contributed by atoms with Crippen LogP contribution in [0.5, 0.6) is 0 Å². The van der Waals surface area contributed by atoms with Crippen LogP contribution in [0.15, 0.2) is 41.6 Å². The Hall–Kier alpha value is -1.91. The van der Waals surface area contributed by atoms with E-state index in [1.54, 1.807) is 0 Å². The maximum atomic E-state index is 12.9. The second-order valence-corrected chi connectivity index (χ2v) is 7.17. The minimum atomic E-state index is -4.51. The van der Waals surface area contributed by atoms with E-state index in [-0.39, 0.29) is 10.7 Å². The molecule has 130 valence electrons. The Kier molecular flexibility index (Phi) is 4.37. The number of sulfonamides is 1. The summed E-state index contributed by atoms with van der Waals surface area (Å²) in [5.74, 6) is 0. The van der Waals surface area contributed by atoms with Gasteiger partial charge >= 0.3 is 6.18 Å². The summed E-state index contributed by atoms with van der Waals surface area (Å²) in [5, 5.41) is 6.80. The molecule has 0 bridgehead atoms. The molecule has 0 unspecified atom stereocenters. The molecule has 6 nitrogen and oxygen atoms in total. The number of hydrogen-bond acceptors (Lipinski definition) is 4. The normalized spacial score (nSPS) is 17.1. The van der Waals surface area contributed by atoms with E-state index in [0.717, 1.165) is 16.8 Å². The Labute approximate surface area is 136 Å². The van der Waals surface area contributed by atoms with E-state index in [1.165, 1.54) is 28.7 Å². The van der Waals surface area contributed by atoms with Crippen LogP contribution in [-0.2, 0) is 16.2 Å². The number of rotatable bonds is 3. The standard InChI is InChI=1S/C14H15F3N4O2S/c15-14(16,17)11-2-1-3-12(10-11)21-13(4-5-19-21)24(22,23)20-8-6-18-7-9-20/h1-5,10,18H,6-9H2. The quantitative estimate of drug-likeness (QED) is 0.901. The molecule has 0 spiro atoms. The highest BCUT2D eigenvalue weighted by molar-refractivity contribution is 7.89. The molecular weight excluding hydrogens is 345 g/mol. The van der Waals surface area contributed by atoms with Gasteiger partial charge in [0.1, 0.15) is 0 Å². The summed E-state index contributed by atoms with van der Waals surface area (Å²) in [6, 6.07) is 5.71. The fourth-order valence-corrected chi connectivity index (χ4v) is 4.04. The fourth-order valence-electron chi connectivity index (χ4n) is 2.51. The molecule has 2 aromatic rings. The maximum Gasteiger partial charge on any atom is 0.416 e. The smallest absolute Gasteiger partial charge is 0.314 e. The number of nitrogens with zero attached hydrogens (tertiary/aromatic N) is 3. The predicted octanol–water partition coefficient (Wildman–Crippen LogP) is 1.48. The molecule has 1 saturated heterocycles. The number of halogens is 3. The number of benzene rings is 1. The van der Waals surface area contributed by atoms with Crippen molar-refractivity contribution in [2.45, 2.75) is 11.2 Å². The zero-order valence-electron chi connectivity index (χ0n) is 12.5. The van der Waals surface area contributed by atoms with Gasteiger partial charge in [-0.1, -0.05) is 6.07 Å². The molecule has 1 aliphatic rings. The van der Waals surface area contributed by atoms with Gasteiger partial charge < -0.3 is 5.32 Å². The zero-order chi connectivity index (χ0) is 17.4. The van der Waals surface area contributed by atoms with E-state index in [4.69, 9.17) is 0 Å². The third-order valence-electron chi connectivity index (χ3n) is 3.71. The Morgan fingerprint density at radius 2 is 1.83 bits per heavy atom. The van der Waals surface area contributed by atoms with E-state index >= 15 is 0 Å². The van der Waals surface area contributed by atoms with Gasteiger partial charge in [0, 0.05) is 26.2 Å². The van der Waals surface area contributed by atoms with Crippen molar-refractivity contribution in [3.63, 3.8) is 0 Å². The van der Waals surface area contributed by atoms with Crippen LogP contribution in [0.3, 0.4) is 0 Å². The first-order valence-corrected chi connectivity index (χ1v) is 8.67. The molecule has 0 atom stereocenters. The number of hydrogen-bond donors (Lipinski definition) is 1. The van der Waals surface area contributed by atoms with E-state index < -0.39 is 21.8 Å². The van der Waals surface area contributed by atoms with Crippen LogP contribution in [-0.4, -0.2) is 48.7 Å². The third kappa shape index (κ3) is 3.17. The molecule has 0 aliphatic carbocycles. The van der Waals surface area contributed by atoms with Crippen molar-refractivity contribution in [3.8, 4) is 5.69 Å². The molecule has 10 heteroatoms. The lowest BCUT2D eigenvalue weighted by molar-refractivity contribution is -0.137. The first-order valence-electron chi connectivity index (χ1n) is 7.23. The van der Waals surface area contributed by atoms with Crippen LogP contribution in [0.25, 0.3) is 5.69 Å². The van der Waals surface area contributed by atoms with Gasteiger partial charge in [0.05, 0.1) is 17.4 Å². The van der Waals surface area contributed by atoms with Gasteiger partial charge in [-0.15, -0.1) is 0 Å². The van der Waals surface area contributed by atoms with Gasteiger partial charge in [0.25, 0.3) is 10.0 Å². The first kappa shape index (κ1) is 16.9. The number of aromatic nitrogens is 2. The minimum absolute atomic E-state index is 0.0449. The van der Waals surface area contributed by atoms with Crippen molar-refractivity contribution in [1.29, 1.82) is 0 Å². The second kappa shape index (κ2) is 6.19. The molecule has 1 aromatic heterocycles. The molecule has 3 rings (SSSR count). The van der Waals surface area contributed by atoms with E-state index in [1.807, 2.05) is 0 Å². The SMILES string of the molecule is O=S(=O)(c1ccnn1-c1cccc(C(F)(F)F)c1)N1CCNCC1. The molecule has 0 radical (unpaired) electrons. The summed E-state index contributed by atoms with van der Waals surface area (Å²) in [4.78, 5) is 0. The topological polar surface area (TPSA) is 67.2 Å². The van der Waals surface area contributed by atoms with Crippen molar-refractivity contribution in [1.82, 2.24) is 19.4 Å². The van der Waals surface area contributed by atoms with Crippen LogP contribution in [0.4, 0.5) is 13.2 Å². The van der Waals surface area contributed by atoms with E-state index in [9.17, 15) is 21.6 Å². The van der Waals surface area contributed by atoms with Crippen LogP contribution in [0.1, 0.15) is 5.56 Å². The lowest BCUT2D eigenvalue weighted by atomic mass is 10.2. The summed E-state index contributed by atoms with van der Waals surface area (Å²) >= 11 is 0. The van der Waals surface area contributed by atoms with Gasteiger partial charge in [-0.3, -0.25) is 0 Å². The van der Waals surface area contributed by atoms with Gasteiger partial charge in [-0.2, -0.15) is 22.6 Å². The van der Waals surface area contributed by atoms with Crippen LogP contribution >= 0.6 is 0 Å². The number of alkyl halides is 3. The fraction of sp³-hybridized carbons (Fsp3) is 0.357. The molecule has 2 heterocycles. The van der Waals surface area contributed by atoms with Crippen LogP contribution < -0.4 is 5.32 Å². The van der Waals surface area contributed by atoms with Crippen LogP contribution in [0.2, 0.25) is 0 Å². The van der Waals surface area contributed by atoms with Gasteiger partial charge in [0.2, 0.25) is 0 Å². The highest BCUT2D eigenvalue weighted by atomic mass is 32.2. The number of nitrogens with one attached hydrogen (secondary N) is 1. The summed E-state index contributed by atoms with van der Waals surface area (Å²) in [6.45, 7) is 1.65. The summed E-state index contributed by atoms with van der Waals surface area (Å²) < 4.78 is 66.4. The zero-order valence-corrected chi connectivity index (χ0v) is 13.3. The van der Waals surface area contributed by atoms with Crippen molar-refractivity contribution >= 4 is 10.0 Å². The third-order valence-corrected chi connectivity index (χ3v) is 5.59. The molecule has 0 amide bonds. The Morgan fingerprint density at radius 1 is 1.12 bits per heavy atom. The van der Waals surface area contributed by atoms with Gasteiger partial charge in [-0.25, -0.2) is 13.1 Å². The monoisotopic (exact) mass is 360 g/mol. The van der Waals surface area contributed by atoms with Gasteiger partial charge in [-0.05, 0) is 24.3 Å². The van der Waals surface area contributed by atoms with E-state index in [0.29, 0.717) is 26.2 Å². The molecule has 1 N–H and O–H groups in total. The Bertz CT molecular complexity index is 827. The van der Waals surface area contributed by atoms with Crippen molar-refractivity contribution in [3.05, 3.63) is 42.1 Å². The highest BCUT2D eigenvalue weighted by Crippen LogP contribution is 2.31. The molecule has 24 heavy (non-hydrogen) atoms. The summed E-state index contributed by atoms with van der Waals surface area (Å²) in [5.41, 5.74) is -0.815. The summed E-state index contributed by atoms with van der Waals surface area (Å²) in [6.07, 6.45) is -3.25. The second-order valence-electron chi connectivity index (χ2n) is 5.28. The lowest BCUT2D eigenvalue weighted by Crippen LogP contribution is -2.46. The van der Waals surface area contributed by atoms with Crippen LogP contribution in [0, 0.1) is 0 Å². The maximum absolute atomic E-state index is 12.9. The average Bonchev–Trinajstić information content (AvgIpc) is 3.05.